The summed E-state index contributed by atoms with van der Waals surface area (Å²) in [6.45, 7) is 4.18. The number of hydrogen-bond acceptors (Lipinski definition) is 4. The molecule has 0 aliphatic heterocycles. The first kappa shape index (κ1) is 11.0. The number of nitrogens with zero attached hydrogens (tertiary/aromatic N) is 1. The number of nitrogens with two attached hydrogens (primary N) is 1. The minimum absolute atomic E-state index is 0.260. The Morgan fingerprint density at radius 2 is 2.46 bits per heavy atom. The van der Waals surface area contributed by atoms with Gasteiger partial charge in [-0.15, -0.1) is 11.3 Å². The van der Waals surface area contributed by atoms with Crippen LogP contribution in [0.1, 0.15) is 17.6 Å². The van der Waals surface area contributed by atoms with Crippen molar-refractivity contribution in [1.82, 2.24) is 4.98 Å². The summed E-state index contributed by atoms with van der Waals surface area (Å²) in [6.07, 6.45) is 0.922. The number of aromatic nitrogens is 1. The summed E-state index contributed by atoms with van der Waals surface area (Å²) >= 11 is 3.61. The molecule has 1 aromatic heterocycles. The van der Waals surface area contributed by atoms with Crippen molar-refractivity contribution in [2.45, 2.75) is 26.3 Å². The molecule has 13 heavy (non-hydrogen) atoms. The maximum atomic E-state index is 5.95. The topological polar surface area (TPSA) is 38.9 Å². The molecule has 0 spiro atoms. The van der Waals surface area contributed by atoms with E-state index < -0.39 is 0 Å². The summed E-state index contributed by atoms with van der Waals surface area (Å²) in [5.41, 5.74) is 7.05. The van der Waals surface area contributed by atoms with E-state index in [-0.39, 0.29) is 6.04 Å². The first-order chi connectivity index (χ1) is 6.22. The van der Waals surface area contributed by atoms with Gasteiger partial charge in [0.05, 0.1) is 5.01 Å². The number of rotatable bonds is 5. The van der Waals surface area contributed by atoms with Crippen molar-refractivity contribution in [2.24, 2.45) is 5.73 Å². The summed E-state index contributed by atoms with van der Waals surface area (Å²) < 4.78 is 0. The largest absolute Gasteiger partial charge is 0.327 e. The highest BCUT2D eigenvalue weighted by Gasteiger charge is 2.06. The summed E-state index contributed by atoms with van der Waals surface area (Å²) in [5.74, 6) is 2.18. The lowest BCUT2D eigenvalue weighted by Gasteiger charge is -2.07. The molecule has 0 amide bonds. The van der Waals surface area contributed by atoms with Gasteiger partial charge in [-0.05, 0) is 12.7 Å². The van der Waals surface area contributed by atoms with Crippen LogP contribution in [-0.4, -0.2) is 22.5 Å². The van der Waals surface area contributed by atoms with Crippen molar-refractivity contribution < 1.29 is 0 Å². The highest BCUT2D eigenvalue weighted by Crippen LogP contribution is 2.12. The third kappa shape index (κ3) is 4.11. The second-order valence-corrected chi connectivity index (χ2v) is 5.27. The van der Waals surface area contributed by atoms with Crippen molar-refractivity contribution in [3.05, 3.63) is 16.1 Å². The molecule has 0 bridgehead atoms. The van der Waals surface area contributed by atoms with E-state index in [9.17, 15) is 0 Å². The van der Waals surface area contributed by atoms with Gasteiger partial charge in [0.15, 0.2) is 0 Å². The predicted molar refractivity (Wildman–Crippen MR) is 61.5 cm³/mol. The first-order valence-corrected chi connectivity index (χ1v) is 6.50. The van der Waals surface area contributed by atoms with E-state index in [1.54, 1.807) is 11.3 Å². The van der Waals surface area contributed by atoms with Gasteiger partial charge in [0, 0.05) is 29.3 Å². The van der Waals surface area contributed by atoms with Gasteiger partial charge in [0.2, 0.25) is 0 Å². The lowest BCUT2D eigenvalue weighted by atomic mass is 10.3. The molecule has 0 aliphatic carbocycles. The van der Waals surface area contributed by atoms with Gasteiger partial charge >= 0.3 is 0 Å². The normalized spacial score (nSPS) is 13.2. The zero-order valence-corrected chi connectivity index (χ0v) is 9.75. The van der Waals surface area contributed by atoms with E-state index >= 15 is 0 Å². The lowest BCUT2D eigenvalue weighted by molar-refractivity contribution is 0.743. The maximum Gasteiger partial charge on any atom is 0.0943 e. The summed E-state index contributed by atoms with van der Waals surface area (Å²) in [5, 5.41) is 3.25. The van der Waals surface area contributed by atoms with E-state index in [4.69, 9.17) is 5.73 Å². The van der Waals surface area contributed by atoms with Gasteiger partial charge in [-0.25, -0.2) is 4.98 Å². The quantitative estimate of drug-likeness (QED) is 0.819. The first-order valence-electron chi connectivity index (χ1n) is 4.46. The van der Waals surface area contributed by atoms with Crippen molar-refractivity contribution in [2.75, 3.05) is 11.5 Å². The standard InChI is InChI=1S/C9H16N2S2/c1-3-12-6-8(10)4-9-11-7(2)5-13-9/h5,8H,3-4,6,10H2,1-2H3. The zero-order chi connectivity index (χ0) is 9.68. The van der Waals surface area contributed by atoms with Gasteiger partial charge in [-0.2, -0.15) is 11.8 Å². The molecule has 0 saturated carbocycles. The van der Waals surface area contributed by atoms with Crippen LogP contribution in [0.3, 0.4) is 0 Å². The second-order valence-electron chi connectivity index (χ2n) is 3.01. The van der Waals surface area contributed by atoms with Crippen LogP contribution in [0, 0.1) is 6.92 Å². The SMILES string of the molecule is CCSCC(N)Cc1nc(C)cs1. The summed E-state index contributed by atoms with van der Waals surface area (Å²) in [6, 6.07) is 0.260. The molecule has 2 nitrogen and oxygen atoms in total. The molecule has 1 atom stereocenters. The molecular weight excluding hydrogens is 200 g/mol. The van der Waals surface area contributed by atoms with Crippen LogP contribution in [0.5, 0.6) is 0 Å². The second kappa shape index (κ2) is 5.62. The molecule has 0 aliphatic rings. The van der Waals surface area contributed by atoms with Crippen molar-refractivity contribution >= 4 is 23.1 Å². The van der Waals surface area contributed by atoms with Crippen LogP contribution in [0.25, 0.3) is 0 Å². The van der Waals surface area contributed by atoms with Gasteiger partial charge in [0.25, 0.3) is 0 Å². The average molecular weight is 216 g/mol. The van der Waals surface area contributed by atoms with E-state index in [0.717, 1.165) is 23.6 Å². The van der Waals surface area contributed by atoms with Crippen molar-refractivity contribution in [1.29, 1.82) is 0 Å². The summed E-state index contributed by atoms with van der Waals surface area (Å²) in [7, 11) is 0. The van der Waals surface area contributed by atoms with Crippen LogP contribution in [0.2, 0.25) is 0 Å². The highest BCUT2D eigenvalue weighted by atomic mass is 32.2. The Hall–Kier alpha value is -0.0600. The van der Waals surface area contributed by atoms with Crippen molar-refractivity contribution in [3.8, 4) is 0 Å². The van der Waals surface area contributed by atoms with Gasteiger partial charge in [-0.3, -0.25) is 0 Å². The van der Waals surface area contributed by atoms with Crippen LogP contribution < -0.4 is 5.73 Å². The number of aryl methyl sites for hydroxylation is 1. The molecule has 0 aromatic carbocycles. The molecule has 1 heterocycles. The third-order valence-electron chi connectivity index (χ3n) is 1.64. The summed E-state index contributed by atoms with van der Waals surface area (Å²) in [4.78, 5) is 4.39. The van der Waals surface area contributed by atoms with Gasteiger partial charge < -0.3 is 5.73 Å². The molecule has 0 radical (unpaired) electrons. The van der Waals surface area contributed by atoms with Crippen LogP contribution in [0.15, 0.2) is 5.38 Å². The van der Waals surface area contributed by atoms with Crippen molar-refractivity contribution in [3.63, 3.8) is 0 Å². The predicted octanol–water partition coefficient (Wildman–Crippen LogP) is 2.07. The maximum absolute atomic E-state index is 5.95. The molecule has 2 N–H and O–H groups in total. The number of thiazole rings is 1. The fourth-order valence-electron chi connectivity index (χ4n) is 1.05. The molecule has 1 unspecified atom stereocenters. The van der Waals surface area contributed by atoms with E-state index in [1.807, 2.05) is 18.7 Å². The molecule has 0 saturated heterocycles. The number of hydrogen-bond donors (Lipinski definition) is 1. The Morgan fingerprint density at radius 1 is 1.69 bits per heavy atom. The molecule has 1 rings (SSSR count). The molecule has 74 valence electrons. The van der Waals surface area contributed by atoms with Crippen LogP contribution >= 0.6 is 23.1 Å². The smallest absolute Gasteiger partial charge is 0.0943 e. The minimum Gasteiger partial charge on any atom is -0.327 e. The Balaban J connectivity index is 2.31. The molecule has 0 fully saturated rings. The highest BCUT2D eigenvalue weighted by molar-refractivity contribution is 7.99. The monoisotopic (exact) mass is 216 g/mol. The van der Waals surface area contributed by atoms with E-state index in [1.165, 1.54) is 5.01 Å². The Kier molecular flexibility index (Phi) is 4.77. The van der Waals surface area contributed by atoms with Gasteiger partial charge in [-0.1, -0.05) is 6.92 Å². The third-order valence-corrected chi connectivity index (χ3v) is 3.70. The van der Waals surface area contributed by atoms with Gasteiger partial charge in [0.1, 0.15) is 0 Å². The molecule has 1 aromatic rings. The molecular formula is C9H16N2S2. The lowest BCUT2D eigenvalue weighted by Crippen LogP contribution is -2.25. The Morgan fingerprint density at radius 3 is 3.00 bits per heavy atom. The van der Waals surface area contributed by atoms with Crippen LogP contribution in [0.4, 0.5) is 0 Å². The Bertz CT molecular complexity index is 248. The average Bonchev–Trinajstić information content (AvgIpc) is 2.48. The fraction of sp³-hybridized carbons (Fsp3) is 0.667. The zero-order valence-electron chi connectivity index (χ0n) is 8.12. The van der Waals surface area contributed by atoms with E-state index in [0.29, 0.717) is 0 Å². The Labute approximate surface area is 87.9 Å². The fourth-order valence-corrected chi connectivity index (χ4v) is 2.57. The minimum atomic E-state index is 0.260. The number of thioether (sulfide) groups is 1. The van der Waals surface area contributed by atoms with E-state index in [2.05, 4.69) is 17.3 Å². The van der Waals surface area contributed by atoms with Crippen LogP contribution in [-0.2, 0) is 6.42 Å². The molecule has 4 heteroatoms.